The van der Waals surface area contributed by atoms with Crippen LogP contribution in [0.5, 0.6) is 0 Å². The van der Waals surface area contributed by atoms with Gasteiger partial charge >= 0.3 is 0 Å². The lowest BCUT2D eigenvalue weighted by Gasteiger charge is -2.24. The molecule has 1 aliphatic rings. The van der Waals surface area contributed by atoms with Gasteiger partial charge in [0, 0.05) is 26.2 Å². The van der Waals surface area contributed by atoms with E-state index >= 15 is 0 Å². The Morgan fingerprint density at radius 3 is 2.62 bits per heavy atom. The van der Waals surface area contributed by atoms with E-state index in [0.29, 0.717) is 12.6 Å². The second-order valence-corrected chi connectivity index (χ2v) is 4.28. The third-order valence-corrected chi connectivity index (χ3v) is 3.12. The highest BCUT2D eigenvalue weighted by molar-refractivity contribution is 4.76. The van der Waals surface area contributed by atoms with Gasteiger partial charge in [0.15, 0.2) is 0 Å². The highest BCUT2D eigenvalue weighted by Gasteiger charge is 2.25. The molecular weight excluding hydrogens is 204 g/mol. The van der Waals surface area contributed by atoms with Crippen LogP contribution in [0.2, 0.25) is 0 Å². The summed E-state index contributed by atoms with van der Waals surface area (Å²) in [5.41, 5.74) is 5.60. The van der Waals surface area contributed by atoms with E-state index in [1.807, 2.05) is 6.92 Å². The molecule has 2 N–H and O–H groups in total. The molecule has 4 heteroatoms. The monoisotopic (exact) mass is 230 g/mol. The first-order chi connectivity index (χ1) is 7.80. The van der Waals surface area contributed by atoms with Crippen LogP contribution < -0.4 is 5.73 Å². The lowest BCUT2D eigenvalue weighted by Crippen LogP contribution is -2.35. The van der Waals surface area contributed by atoms with Crippen molar-refractivity contribution in [3.05, 3.63) is 0 Å². The molecule has 0 aromatic rings. The van der Waals surface area contributed by atoms with Crippen molar-refractivity contribution in [2.24, 2.45) is 5.73 Å². The molecule has 1 heterocycles. The fourth-order valence-electron chi connectivity index (χ4n) is 2.09. The van der Waals surface area contributed by atoms with Crippen LogP contribution in [-0.2, 0) is 9.47 Å². The van der Waals surface area contributed by atoms with Gasteiger partial charge in [0.2, 0.25) is 0 Å². The Kier molecular flexibility index (Phi) is 6.96. The molecular formula is C12H26N2O2. The normalized spacial score (nSPS) is 25.5. The van der Waals surface area contributed by atoms with Gasteiger partial charge in [-0.1, -0.05) is 6.92 Å². The minimum absolute atomic E-state index is 0.288. The smallest absolute Gasteiger partial charge is 0.0707 e. The summed E-state index contributed by atoms with van der Waals surface area (Å²) >= 11 is 0. The standard InChI is InChI=1S/C12H26N2O2/c1-3-14(7-8-15-4-2)10-12-6-5-11(9-13)16-12/h11-12H,3-10,13H2,1-2H3. The summed E-state index contributed by atoms with van der Waals surface area (Å²) in [4.78, 5) is 2.39. The first-order valence-electron chi connectivity index (χ1n) is 6.45. The van der Waals surface area contributed by atoms with E-state index in [-0.39, 0.29) is 6.10 Å². The molecule has 0 aromatic carbocycles. The number of likely N-dealkylation sites (N-methyl/N-ethyl adjacent to an activating group) is 1. The summed E-state index contributed by atoms with van der Waals surface area (Å²) in [6, 6.07) is 0. The molecule has 0 spiro atoms. The molecule has 0 bridgehead atoms. The van der Waals surface area contributed by atoms with E-state index in [1.165, 1.54) is 0 Å². The maximum absolute atomic E-state index is 5.84. The van der Waals surface area contributed by atoms with Crippen molar-refractivity contribution >= 4 is 0 Å². The van der Waals surface area contributed by atoms with Crippen LogP contribution in [-0.4, -0.2) is 56.5 Å². The van der Waals surface area contributed by atoms with E-state index in [4.69, 9.17) is 15.2 Å². The van der Waals surface area contributed by atoms with Crippen LogP contribution in [0.25, 0.3) is 0 Å². The van der Waals surface area contributed by atoms with Crippen LogP contribution in [0.15, 0.2) is 0 Å². The van der Waals surface area contributed by atoms with Crippen molar-refractivity contribution in [1.82, 2.24) is 4.90 Å². The highest BCUT2D eigenvalue weighted by atomic mass is 16.5. The Balaban J connectivity index is 2.17. The van der Waals surface area contributed by atoms with Crippen molar-refractivity contribution in [3.63, 3.8) is 0 Å². The molecule has 0 aromatic heterocycles. The number of hydrogen-bond donors (Lipinski definition) is 1. The van der Waals surface area contributed by atoms with Crippen LogP contribution in [0.1, 0.15) is 26.7 Å². The van der Waals surface area contributed by atoms with E-state index < -0.39 is 0 Å². The van der Waals surface area contributed by atoms with Crippen molar-refractivity contribution in [1.29, 1.82) is 0 Å². The molecule has 2 unspecified atom stereocenters. The lowest BCUT2D eigenvalue weighted by molar-refractivity contribution is 0.0212. The van der Waals surface area contributed by atoms with Crippen LogP contribution >= 0.6 is 0 Å². The van der Waals surface area contributed by atoms with Gasteiger partial charge in [-0.25, -0.2) is 0 Å². The lowest BCUT2D eigenvalue weighted by atomic mass is 10.2. The number of hydrogen-bond acceptors (Lipinski definition) is 4. The van der Waals surface area contributed by atoms with Gasteiger partial charge < -0.3 is 15.2 Å². The topological polar surface area (TPSA) is 47.7 Å². The Morgan fingerprint density at radius 1 is 1.31 bits per heavy atom. The predicted molar refractivity (Wildman–Crippen MR) is 65.6 cm³/mol. The molecule has 1 saturated heterocycles. The Morgan fingerprint density at radius 2 is 2.06 bits per heavy atom. The molecule has 16 heavy (non-hydrogen) atoms. The van der Waals surface area contributed by atoms with Gasteiger partial charge in [0.1, 0.15) is 0 Å². The molecule has 1 fully saturated rings. The van der Waals surface area contributed by atoms with Gasteiger partial charge in [-0.2, -0.15) is 0 Å². The van der Waals surface area contributed by atoms with E-state index in [1.54, 1.807) is 0 Å². The summed E-state index contributed by atoms with van der Waals surface area (Å²) in [5, 5.41) is 0. The molecule has 1 rings (SSSR count). The van der Waals surface area contributed by atoms with Crippen LogP contribution in [0.3, 0.4) is 0 Å². The minimum Gasteiger partial charge on any atom is -0.380 e. The fraction of sp³-hybridized carbons (Fsp3) is 1.00. The largest absolute Gasteiger partial charge is 0.380 e. The van der Waals surface area contributed by atoms with E-state index in [9.17, 15) is 0 Å². The van der Waals surface area contributed by atoms with Gasteiger partial charge in [0.05, 0.1) is 18.8 Å². The Hall–Kier alpha value is -0.160. The fourth-order valence-corrected chi connectivity index (χ4v) is 2.09. The quantitative estimate of drug-likeness (QED) is 0.628. The second-order valence-electron chi connectivity index (χ2n) is 4.28. The number of nitrogens with zero attached hydrogens (tertiary/aromatic N) is 1. The zero-order valence-electron chi connectivity index (χ0n) is 10.7. The van der Waals surface area contributed by atoms with Crippen molar-refractivity contribution in [2.45, 2.75) is 38.9 Å². The van der Waals surface area contributed by atoms with E-state index in [2.05, 4.69) is 11.8 Å². The number of ether oxygens (including phenoxy) is 2. The SMILES string of the molecule is CCOCCN(CC)CC1CCC(CN)O1. The first-order valence-corrected chi connectivity index (χ1v) is 6.45. The predicted octanol–water partition coefficient (Wildman–Crippen LogP) is 0.851. The number of nitrogens with two attached hydrogens (primary N) is 1. The zero-order valence-corrected chi connectivity index (χ0v) is 10.7. The van der Waals surface area contributed by atoms with Crippen molar-refractivity contribution < 1.29 is 9.47 Å². The third-order valence-electron chi connectivity index (χ3n) is 3.12. The molecule has 0 radical (unpaired) electrons. The molecule has 0 amide bonds. The minimum atomic E-state index is 0.288. The first kappa shape index (κ1) is 13.9. The summed E-state index contributed by atoms with van der Waals surface area (Å²) in [6.07, 6.45) is 2.92. The maximum atomic E-state index is 5.84. The van der Waals surface area contributed by atoms with Gasteiger partial charge in [-0.15, -0.1) is 0 Å². The molecule has 1 aliphatic heterocycles. The number of rotatable bonds is 8. The second kappa shape index (κ2) is 8.01. The molecule has 0 saturated carbocycles. The molecule has 0 aliphatic carbocycles. The van der Waals surface area contributed by atoms with Crippen molar-refractivity contribution in [3.8, 4) is 0 Å². The average Bonchev–Trinajstić information content (AvgIpc) is 2.75. The van der Waals surface area contributed by atoms with E-state index in [0.717, 1.165) is 45.7 Å². The van der Waals surface area contributed by atoms with Gasteiger partial charge in [0.25, 0.3) is 0 Å². The molecule has 2 atom stereocenters. The van der Waals surface area contributed by atoms with Gasteiger partial charge in [-0.05, 0) is 26.3 Å². The maximum Gasteiger partial charge on any atom is 0.0707 e. The van der Waals surface area contributed by atoms with Crippen LogP contribution in [0.4, 0.5) is 0 Å². The molecule has 96 valence electrons. The van der Waals surface area contributed by atoms with Crippen LogP contribution in [0, 0.1) is 0 Å². The Bertz CT molecular complexity index is 178. The zero-order chi connectivity index (χ0) is 11.8. The molecule has 4 nitrogen and oxygen atoms in total. The highest BCUT2D eigenvalue weighted by Crippen LogP contribution is 2.19. The van der Waals surface area contributed by atoms with Gasteiger partial charge in [-0.3, -0.25) is 4.90 Å². The van der Waals surface area contributed by atoms with Crippen molar-refractivity contribution in [2.75, 3.05) is 39.4 Å². The summed E-state index contributed by atoms with van der Waals surface area (Å²) in [6.45, 7) is 9.55. The average molecular weight is 230 g/mol. The summed E-state index contributed by atoms with van der Waals surface area (Å²) in [5.74, 6) is 0. The summed E-state index contributed by atoms with van der Waals surface area (Å²) in [7, 11) is 0. The summed E-state index contributed by atoms with van der Waals surface area (Å²) < 4.78 is 11.2. The Labute approximate surface area is 99.1 Å². The third kappa shape index (κ3) is 4.78.